The first kappa shape index (κ1) is 19.1. The third kappa shape index (κ3) is 5.00. The van der Waals surface area contributed by atoms with Gasteiger partial charge in [-0.3, -0.25) is 0 Å². The molecular formula is C22H21N3O3S. The summed E-state index contributed by atoms with van der Waals surface area (Å²) < 4.78 is 28.7. The van der Waals surface area contributed by atoms with Crippen molar-refractivity contribution in [2.45, 2.75) is 19.1 Å². The van der Waals surface area contributed by atoms with E-state index in [1.165, 1.54) is 23.0 Å². The molecule has 1 aromatic heterocycles. The van der Waals surface area contributed by atoms with Crippen LogP contribution < -0.4 is 10.1 Å². The molecule has 3 aromatic rings. The predicted octanol–water partition coefficient (Wildman–Crippen LogP) is 4.52. The van der Waals surface area contributed by atoms with Crippen LogP contribution in [0, 0.1) is 0 Å². The predicted molar refractivity (Wildman–Crippen MR) is 114 cm³/mol. The van der Waals surface area contributed by atoms with Gasteiger partial charge in [-0.15, -0.1) is 0 Å². The average Bonchev–Trinajstić information content (AvgIpc) is 3.02. The van der Waals surface area contributed by atoms with Gasteiger partial charge in [-0.2, -0.15) is 4.98 Å². The van der Waals surface area contributed by atoms with Crippen LogP contribution in [0.25, 0.3) is 6.08 Å². The van der Waals surface area contributed by atoms with Gasteiger partial charge in [0.2, 0.25) is 11.8 Å². The molecule has 0 bridgehead atoms. The first-order chi connectivity index (χ1) is 13.8. The molecule has 2 aromatic carbocycles. The fraction of sp³-hybridized carbons (Fsp3) is 0.182. The van der Waals surface area contributed by atoms with Crippen LogP contribution in [0.3, 0.4) is 0 Å². The molecule has 148 valence electrons. The van der Waals surface area contributed by atoms with Crippen LogP contribution in [-0.2, 0) is 22.0 Å². The fourth-order valence-corrected chi connectivity index (χ4v) is 4.04. The van der Waals surface area contributed by atoms with Gasteiger partial charge in [0, 0.05) is 24.2 Å². The van der Waals surface area contributed by atoms with Crippen molar-refractivity contribution in [2.24, 2.45) is 0 Å². The Morgan fingerprint density at radius 2 is 1.90 bits per heavy atom. The summed E-state index contributed by atoms with van der Waals surface area (Å²) in [6.07, 6.45) is 6.00. The Hall–Kier alpha value is -3.19. The van der Waals surface area contributed by atoms with Crippen LogP contribution in [-0.4, -0.2) is 24.6 Å². The summed E-state index contributed by atoms with van der Waals surface area (Å²) in [6.45, 7) is 2.12. The van der Waals surface area contributed by atoms with Crippen LogP contribution in [0.5, 0.6) is 11.6 Å². The maximum absolute atomic E-state index is 11.4. The van der Waals surface area contributed by atoms with E-state index in [2.05, 4.69) is 34.4 Å². The summed E-state index contributed by atoms with van der Waals surface area (Å²) in [5, 5.41) is 3.11. The van der Waals surface area contributed by atoms with Crippen LogP contribution in [0.4, 0.5) is 11.6 Å². The monoisotopic (exact) mass is 407 g/mol. The summed E-state index contributed by atoms with van der Waals surface area (Å²) in [4.78, 5) is 8.62. The van der Waals surface area contributed by atoms with E-state index in [0.717, 1.165) is 23.4 Å². The summed E-state index contributed by atoms with van der Waals surface area (Å²) in [6, 6.07) is 14.9. The number of rotatable bonds is 6. The molecule has 0 atom stereocenters. The third-order valence-corrected chi connectivity index (χ3v) is 5.34. The van der Waals surface area contributed by atoms with E-state index in [9.17, 15) is 8.42 Å². The lowest BCUT2D eigenvalue weighted by atomic mass is 10.1. The van der Waals surface area contributed by atoms with E-state index in [0.29, 0.717) is 11.8 Å². The molecule has 0 saturated carbocycles. The zero-order valence-electron chi connectivity index (χ0n) is 16.2. The van der Waals surface area contributed by atoms with Gasteiger partial charge in [-0.25, -0.2) is 13.4 Å². The number of ether oxygens (including phenoxy) is 1. The highest BCUT2D eigenvalue weighted by atomic mass is 32.2. The van der Waals surface area contributed by atoms with Crippen molar-refractivity contribution in [3.8, 4) is 11.6 Å². The highest BCUT2D eigenvalue weighted by molar-refractivity contribution is 7.89. The number of anilines is 2. The largest absolute Gasteiger partial charge is 0.439 e. The van der Waals surface area contributed by atoms with Crippen molar-refractivity contribution in [1.29, 1.82) is 0 Å². The molecule has 0 radical (unpaired) electrons. The molecule has 0 saturated heterocycles. The maximum atomic E-state index is 11.4. The Morgan fingerprint density at radius 3 is 2.66 bits per heavy atom. The molecule has 0 unspecified atom stereocenters. The normalized spacial score (nSPS) is 13.0. The number of hydrogen-bond donors (Lipinski definition) is 1. The van der Waals surface area contributed by atoms with E-state index >= 15 is 0 Å². The van der Waals surface area contributed by atoms with Crippen molar-refractivity contribution in [2.75, 3.05) is 11.6 Å². The van der Waals surface area contributed by atoms with Gasteiger partial charge in [0.25, 0.3) is 0 Å². The number of nitrogens with zero attached hydrogens (tertiary/aromatic N) is 2. The molecule has 1 aliphatic rings. The maximum Gasteiger partial charge on any atom is 0.230 e. The molecule has 4 rings (SSSR count). The smallest absolute Gasteiger partial charge is 0.230 e. The van der Waals surface area contributed by atoms with Crippen molar-refractivity contribution in [3.05, 3.63) is 77.0 Å². The summed E-state index contributed by atoms with van der Waals surface area (Å²) >= 11 is 0. The Kier molecular flexibility index (Phi) is 5.07. The number of benzene rings is 2. The number of sulfone groups is 1. The average molecular weight is 407 g/mol. The quantitative estimate of drug-likeness (QED) is 0.647. The second-order valence-electron chi connectivity index (χ2n) is 7.24. The van der Waals surface area contributed by atoms with Gasteiger partial charge in [-0.1, -0.05) is 29.8 Å². The van der Waals surface area contributed by atoms with Crippen LogP contribution >= 0.6 is 0 Å². The van der Waals surface area contributed by atoms with Gasteiger partial charge in [-0.05, 0) is 54.3 Å². The number of aromatic nitrogens is 2. The van der Waals surface area contributed by atoms with Crippen molar-refractivity contribution >= 4 is 27.5 Å². The molecule has 1 aliphatic carbocycles. The minimum absolute atomic E-state index is 0.0165. The minimum atomic E-state index is -3.06. The van der Waals surface area contributed by atoms with Crippen LogP contribution in [0.2, 0.25) is 0 Å². The van der Waals surface area contributed by atoms with Crippen molar-refractivity contribution < 1.29 is 13.2 Å². The van der Waals surface area contributed by atoms with Gasteiger partial charge < -0.3 is 10.1 Å². The Morgan fingerprint density at radius 1 is 1.10 bits per heavy atom. The van der Waals surface area contributed by atoms with Gasteiger partial charge >= 0.3 is 0 Å². The highest BCUT2D eigenvalue weighted by Crippen LogP contribution is 2.30. The first-order valence-electron chi connectivity index (χ1n) is 9.19. The van der Waals surface area contributed by atoms with E-state index in [1.807, 2.05) is 12.1 Å². The number of fused-ring (bicyclic) bond motifs is 1. The molecule has 0 aliphatic heterocycles. The number of hydrogen-bond acceptors (Lipinski definition) is 6. The molecule has 7 heteroatoms. The van der Waals surface area contributed by atoms with Crippen molar-refractivity contribution in [3.63, 3.8) is 0 Å². The standard InChI is InChI=1S/C22H21N3O3S/c1-15-11-17-5-8-20(13-18(17)12-15)28-21-9-10-23-22(25-21)24-19-6-3-16(4-7-19)14-29(2,26)27/h3-10,12-13H,11,14H2,1-2H3,(H,23,24,25). The summed E-state index contributed by atoms with van der Waals surface area (Å²) in [7, 11) is -3.06. The molecule has 1 heterocycles. The minimum Gasteiger partial charge on any atom is -0.439 e. The Labute approximate surface area is 170 Å². The van der Waals surface area contributed by atoms with E-state index in [1.54, 1.807) is 36.5 Å². The molecule has 0 spiro atoms. The lowest BCUT2D eigenvalue weighted by molar-refractivity contribution is 0.462. The molecule has 0 fully saturated rings. The molecule has 1 N–H and O–H groups in total. The topological polar surface area (TPSA) is 81.2 Å². The Balaban J connectivity index is 1.46. The molecular weight excluding hydrogens is 386 g/mol. The zero-order valence-corrected chi connectivity index (χ0v) is 17.0. The highest BCUT2D eigenvalue weighted by Gasteiger charge is 2.11. The molecule has 29 heavy (non-hydrogen) atoms. The van der Waals surface area contributed by atoms with E-state index in [4.69, 9.17) is 4.74 Å². The van der Waals surface area contributed by atoms with Crippen molar-refractivity contribution in [1.82, 2.24) is 9.97 Å². The second-order valence-corrected chi connectivity index (χ2v) is 9.38. The van der Waals surface area contributed by atoms with E-state index in [-0.39, 0.29) is 5.75 Å². The second kappa shape index (κ2) is 7.67. The summed E-state index contributed by atoms with van der Waals surface area (Å²) in [5.41, 5.74) is 5.32. The fourth-order valence-electron chi connectivity index (χ4n) is 3.24. The van der Waals surface area contributed by atoms with Crippen LogP contribution in [0.15, 0.2) is 60.3 Å². The third-order valence-electron chi connectivity index (χ3n) is 4.48. The van der Waals surface area contributed by atoms with Gasteiger partial charge in [0.1, 0.15) is 5.75 Å². The van der Waals surface area contributed by atoms with Gasteiger partial charge in [0.15, 0.2) is 9.84 Å². The number of allylic oxidation sites excluding steroid dienone is 1. The van der Waals surface area contributed by atoms with Crippen LogP contribution in [0.1, 0.15) is 23.6 Å². The lowest BCUT2D eigenvalue weighted by Gasteiger charge is -2.09. The lowest BCUT2D eigenvalue weighted by Crippen LogP contribution is -2.01. The number of nitrogens with one attached hydrogen (secondary N) is 1. The molecule has 6 nitrogen and oxygen atoms in total. The SMILES string of the molecule is CC1=Cc2cc(Oc3ccnc(Nc4ccc(CS(C)(=O)=O)cc4)n3)ccc2C1. The summed E-state index contributed by atoms with van der Waals surface area (Å²) in [5.74, 6) is 1.58. The zero-order chi connectivity index (χ0) is 20.4. The van der Waals surface area contributed by atoms with Gasteiger partial charge in [0.05, 0.1) is 5.75 Å². The molecule has 0 amide bonds. The Bertz CT molecular complexity index is 1190. The van der Waals surface area contributed by atoms with E-state index < -0.39 is 9.84 Å². The first-order valence-corrected chi connectivity index (χ1v) is 11.2.